The van der Waals surface area contributed by atoms with Crippen molar-refractivity contribution in [2.45, 2.75) is 78.8 Å². The lowest BCUT2D eigenvalue weighted by atomic mass is 9.80. The largest absolute Gasteiger partial charge is 0.349 e. The Bertz CT molecular complexity index is 910. The fourth-order valence-electron chi connectivity index (χ4n) is 4.29. The Balaban J connectivity index is 0.000000192. The van der Waals surface area contributed by atoms with Gasteiger partial charge in [0.1, 0.15) is 0 Å². The highest BCUT2D eigenvalue weighted by molar-refractivity contribution is 5.81. The molecule has 0 unspecified atom stereocenters. The van der Waals surface area contributed by atoms with E-state index >= 15 is 0 Å². The lowest BCUT2D eigenvalue weighted by Gasteiger charge is -2.34. The molecule has 2 atom stereocenters. The Kier molecular flexibility index (Phi) is 8.93. The van der Waals surface area contributed by atoms with Crippen LogP contribution < -0.4 is 10.6 Å². The van der Waals surface area contributed by atoms with E-state index in [-0.39, 0.29) is 41.1 Å². The van der Waals surface area contributed by atoms with E-state index in [2.05, 4.69) is 69.5 Å². The van der Waals surface area contributed by atoms with Crippen LogP contribution in [0.1, 0.15) is 89.9 Å². The summed E-state index contributed by atoms with van der Waals surface area (Å²) >= 11 is 0. The molecule has 4 rings (SSSR count). The van der Waals surface area contributed by atoms with E-state index in [1.807, 2.05) is 36.4 Å². The molecule has 184 valence electrons. The number of hydrogen-bond donors (Lipinski definition) is 2. The van der Waals surface area contributed by atoms with Crippen molar-refractivity contribution in [2.24, 2.45) is 23.2 Å². The molecule has 2 aliphatic rings. The van der Waals surface area contributed by atoms with Gasteiger partial charge in [-0.25, -0.2) is 0 Å². The smallest absolute Gasteiger partial charge is 0.223 e. The molecule has 4 heteroatoms. The summed E-state index contributed by atoms with van der Waals surface area (Å²) < 4.78 is 0. The Hall–Kier alpha value is -2.62. The van der Waals surface area contributed by atoms with Gasteiger partial charge in [0.05, 0.1) is 12.1 Å². The first-order valence-corrected chi connectivity index (χ1v) is 12.9. The van der Waals surface area contributed by atoms with Crippen molar-refractivity contribution in [3.63, 3.8) is 0 Å². The maximum atomic E-state index is 12.1. The van der Waals surface area contributed by atoms with Crippen molar-refractivity contribution in [3.8, 4) is 0 Å². The molecule has 2 aromatic rings. The normalized spacial score (nSPS) is 17.6. The second-order valence-electron chi connectivity index (χ2n) is 11.3. The van der Waals surface area contributed by atoms with Gasteiger partial charge in [-0.1, -0.05) is 102 Å². The number of hydrogen-bond acceptors (Lipinski definition) is 2. The summed E-state index contributed by atoms with van der Waals surface area (Å²) in [5.74, 6) is 1.40. The van der Waals surface area contributed by atoms with Gasteiger partial charge < -0.3 is 10.6 Å². The second kappa shape index (κ2) is 11.7. The molecule has 4 nitrogen and oxygen atoms in total. The predicted molar refractivity (Wildman–Crippen MR) is 139 cm³/mol. The average Bonchev–Trinajstić information content (AvgIpc) is 3.61. The Morgan fingerprint density at radius 2 is 1.21 bits per heavy atom. The summed E-state index contributed by atoms with van der Waals surface area (Å²) in [5, 5.41) is 6.39. The third kappa shape index (κ3) is 7.44. The van der Waals surface area contributed by atoms with Crippen molar-refractivity contribution in [2.75, 3.05) is 0 Å². The standard InChI is InChI=1S/C16H23NO.C14H19NO/c1-16(2,3)14(12-8-5-4-6-9-12)17-15(18)13-10-7-11-13;1-10(2)13(11-6-4-3-5-7-11)15-14(16)12-8-9-12/h4-6,8-9,13-14H,7,10-11H2,1-3H3,(H,17,18);3-7,10,12-13H,8-9H2,1-2H3,(H,15,16)/t14-;13-/m10/s1. The van der Waals surface area contributed by atoms with Crippen LogP contribution in [0.25, 0.3) is 0 Å². The van der Waals surface area contributed by atoms with Gasteiger partial charge in [-0.3, -0.25) is 9.59 Å². The summed E-state index contributed by atoms with van der Waals surface area (Å²) in [6.07, 6.45) is 5.43. The molecule has 0 radical (unpaired) electrons. The van der Waals surface area contributed by atoms with Gasteiger partial charge in [0.2, 0.25) is 11.8 Å². The zero-order valence-corrected chi connectivity index (χ0v) is 21.5. The molecule has 2 amide bonds. The van der Waals surface area contributed by atoms with Crippen LogP contribution in [0, 0.1) is 23.2 Å². The minimum atomic E-state index is 0.0285. The minimum Gasteiger partial charge on any atom is -0.349 e. The summed E-state index contributed by atoms with van der Waals surface area (Å²) in [7, 11) is 0. The summed E-state index contributed by atoms with van der Waals surface area (Å²) in [4.78, 5) is 23.9. The fourth-order valence-corrected chi connectivity index (χ4v) is 4.29. The number of carbonyl (C=O) groups is 2. The molecule has 0 saturated heterocycles. The maximum absolute atomic E-state index is 12.1. The molecule has 0 aliphatic heterocycles. The van der Waals surface area contributed by atoms with Crippen LogP contribution in [0.2, 0.25) is 0 Å². The fraction of sp³-hybridized carbons (Fsp3) is 0.533. The van der Waals surface area contributed by atoms with Crippen LogP contribution in [-0.2, 0) is 9.59 Å². The Morgan fingerprint density at radius 1 is 0.735 bits per heavy atom. The van der Waals surface area contributed by atoms with Crippen LogP contribution in [0.5, 0.6) is 0 Å². The minimum absolute atomic E-state index is 0.0285. The summed E-state index contributed by atoms with van der Waals surface area (Å²) in [6.45, 7) is 10.8. The molecule has 34 heavy (non-hydrogen) atoms. The van der Waals surface area contributed by atoms with Gasteiger partial charge in [0.15, 0.2) is 0 Å². The highest BCUT2D eigenvalue weighted by atomic mass is 16.2. The first-order valence-electron chi connectivity index (χ1n) is 12.9. The third-order valence-corrected chi connectivity index (χ3v) is 6.83. The van der Waals surface area contributed by atoms with Crippen molar-refractivity contribution >= 4 is 11.8 Å². The molecular weight excluding hydrogens is 420 g/mol. The molecule has 0 spiro atoms. The average molecular weight is 463 g/mol. The van der Waals surface area contributed by atoms with Gasteiger partial charge in [-0.05, 0) is 48.1 Å². The zero-order chi connectivity index (χ0) is 24.7. The van der Waals surface area contributed by atoms with Crippen LogP contribution in [-0.4, -0.2) is 11.8 Å². The van der Waals surface area contributed by atoms with Gasteiger partial charge in [-0.15, -0.1) is 0 Å². The summed E-state index contributed by atoms with van der Waals surface area (Å²) in [5.41, 5.74) is 2.42. The lowest BCUT2D eigenvalue weighted by Crippen LogP contribution is -2.41. The van der Waals surface area contributed by atoms with Gasteiger partial charge in [-0.2, -0.15) is 0 Å². The second-order valence-corrected chi connectivity index (χ2v) is 11.3. The van der Waals surface area contributed by atoms with Crippen molar-refractivity contribution in [3.05, 3.63) is 71.8 Å². The first-order chi connectivity index (χ1) is 16.2. The lowest BCUT2D eigenvalue weighted by molar-refractivity contribution is -0.129. The van der Waals surface area contributed by atoms with E-state index in [0.29, 0.717) is 5.92 Å². The van der Waals surface area contributed by atoms with E-state index in [1.54, 1.807) is 0 Å². The van der Waals surface area contributed by atoms with Gasteiger partial charge >= 0.3 is 0 Å². The van der Waals surface area contributed by atoms with Crippen LogP contribution in [0.4, 0.5) is 0 Å². The number of amides is 2. The van der Waals surface area contributed by atoms with Crippen LogP contribution in [0.15, 0.2) is 60.7 Å². The number of carbonyl (C=O) groups excluding carboxylic acids is 2. The van der Waals surface area contributed by atoms with Crippen molar-refractivity contribution < 1.29 is 9.59 Å². The SMILES string of the molecule is CC(C)(C)[C@H](NC(=O)C1CCC1)c1ccccc1.CC(C)[C@H](NC(=O)C1CC1)c1ccccc1. The zero-order valence-electron chi connectivity index (χ0n) is 21.5. The van der Waals surface area contributed by atoms with E-state index in [4.69, 9.17) is 0 Å². The van der Waals surface area contributed by atoms with E-state index in [9.17, 15) is 9.59 Å². The quantitative estimate of drug-likeness (QED) is 0.487. The molecule has 0 aromatic heterocycles. The number of rotatable bonds is 7. The van der Waals surface area contributed by atoms with Crippen LogP contribution in [0.3, 0.4) is 0 Å². The Labute approximate surface area is 205 Å². The van der Waals surface area contributed by atoms with E-state index in [0.717, 1.165) is 25.7 Å². The number of nitrogens with one attached hydrogen (secondary N) is 2. The molecule has 0 heterocycles. The first kappa shape index (κ1) is 26.0. The highest BCUT2D eigenvalue weighted by Crippen LogP contribution is 2.35. The molecule has 2 aliphatic carbocycles. The summed E-state index contributed by atoms with van der Waals surface area (Å²) in [6, 6.07) is 20.7. The molecule has 2 saturated carbocycles. The highest BCUT2D eigenvalue weighted by Gasteiger charge is 2.33. The van der Waals surface area contributed by atoms with Gasteiger partial charge in [0.25, 0.3) is 0 Å². The monoisotopic (exact) mass is 462 g/mol. The van der Waals surface area contributed by atoms with Gasteiger partial charge in [0, 0.05) is 11.8 Å². The molecule has 2 fully saturated rings. The number of benzene rings is 2. The van der Waals surface area contributed by atoms with E-state index < -0.39 is 0 Å². The molecular formula is C30H42N2O2. The molecule has 2 N–H and O–H groups in total. The Morgan fingerprint density at radius 3 is 1.62 bits per heavy atom. The molecule has 2 aromatic carbocycles. The topological polar surface area (TPSA) is 58.2 Å². The molecule has 0 bridgehead atoms. The predicted octanol–water partition coefficient (Wildman–Crippen LogP) is 6.60. The van der Waals surface area contributed by atoms with E-state index in [1.165, 1.54) is 17.5 Å². The van der Waals surface area contributed by atoms with Crippen LogP contribution >= 0.6 is 0 Å². The third-order valence-electron chi connectivity index (χ3n) is 6.83. The maximum Gasteiger partial charge on any atom is 0.223 e. The van der Waals surface area contributed by atoms with Crippen molar-refractivity contribution in [1.29, 1.82) is 0 Å². The van der Waals surface area contributed by atoms with Crippen molar-refractivity contribution in [1.82, 2.24) is 10.6 Å².